The zero-order valence-corrected chi connectivity index (χ0v) is 14.1. The van der Waals surface area contributed by atoms with Gasteiger partial charge in [-0.2, -0.15) is 13.2 Å². The number of hydrogen-bond donors (Lipinski definition) is 1. The van der Waals surface area contributed by atoms with E-state index in [1.165, 1.54) is 0 Å². The molecule has 1 aliphatic rings. The van der Waals surface area contributed by atoms with Crippen molar-refractivity contribution in [3.05, 3.63) is 33.8 Å². The number of halogens is 6. The fourth-order valence-electron chi connectivity index (χ4n) is 2.60. The van der Waals surface area contributed by atoms with E-state index in [9.17, 15) is 13.2 Å². The van der Waals surface area contributed by atoms with E-state index in [0.29, 0.717) is 28.7 Å². The van der Waals surface area contributed by atoms with Crippen molar-refractivity contribution in [2.45, 2.75) is 25.1 Å². The maximum Gasteiger partial charge on any atom is 0.389 e. The van der Waals surface area contributed by atoms with Gasteiger partial charge in [0.25, 0.3) is 0 Å². The molecular formula is C14H18Cl3F3N2. The van der Waals surface area contributed by atoms with Crippen LogP contribution < -0.4 is 5.32 Å². The van der Waals surface area contributed by atoms with Crippen LogP contribution >= 0.6 is 35.6 Å². The van der Waals surface area contributed by atoms with Crippen molar-refractivity contribution >= 4 is 35.6 Å². The smallest absolute Gasteiger partial charge is 0.314 e. The molecule has 0 amide bonds. The minimum Gasteiger partial charge on any atom is -0.314 e. The number of piperazine rings is 1. The van der Waals surface area contributed by atoms with Gasteiger partial charge in [-0.25, -0.2) is 0 Å². The fraction of sp³-hybridized carbons (Fsp3) is 0.571. The van der Waals surface area contributed by atoms with Crippen molar-refractivity contribution in [1.82, 2.24) is 10.2 Å². The summed E-state index contributed by atoms with van der Waals surface area (Å²) in [6, 6.07) is 4.60. The molecule has 1 heterocycles. The third kappa shape index (κ3) is 5.78. The molecule has 0 saturated carbocycles. The van der Waals surface area contributed by atoms with Gasteiger partial charge < -0.3 is 5.32 Å². The molecule has 1 aliphatic heterocycles. The lowest BCUT2D eigenvalue weighted by atomic mass is 9.99. The maximum atomic E-state index is 12.6. The number of rotatable bonds is 4. The minimum absolute atomic E-state index is 0. The predicted octanol–water partition coefficient (Wildman–Crippen LogP) is 4.70. The molecule has 22 heavy (non-hydrogen) atoms. The molecule has 2 nitrogen and oxygen atoms in total. The second-order valence-corrected chi connectivity index (χ2v) is 5.97. The molecule has 1 atom stereocenters. The van der Waals surface area contributed by atoms with Crippen LogP contribution in [0.25, 0.3) is 0 Å². The highest BCUT2D eigenvalue weighted by Crippen LogP contribution is 2.36. The van der Waals surface area contributed by atoms with Gasteiger partial charge in [0.15, 0.2) is 0 Å². The van der Waals surface area contributed by atoms with E-state index in [1.54, 1.807) is 18.2 Å². The Kier molecular flexibility index (Phi) is 7.75. The van der Waals surface area contributed by atoms with E-state index in [2.05, 4.69) is 5.32 Å². The van der Waals surface area contributed by atoms with E-state index in [4.69, 9.17) is 23.2 Å². The maximum absolute atomic E-state index is 12.6. The number of benzene rings is 1. The lowest BCUT2D eigenvalue weighted by Crippen LogP contribution is -2.45. The molecule has 0 aromatic heterocycles. The van der Waals surface area contributed by atoms with E-state index in [-0.39, 0.29) is 24.9 Å². The summed E-state index contributed by atoms with van der Waals surface area (Å²) in [6.45, 7) is 2.93. The zero-order valence-electron chi connectivity index (χ0n) is 11.8. The van der Waals surface area contributed by atoms with Crippen LogP contribution in [-0.4, -0.2) is 37.3 Å². The molecule has 0 radical (unpaired) electrons. The molecule has 126 valence electrons. The van der Waals surface area contributed by atoms with Crippen molar-refractivity contribution in [2.75, 3.05) is 26.2 Å². The topological polar surface area (TPSA) is 15.3 Å². The van der Waals surface area contributed by atoms with Crippen molar-refractivity contribution in [3.63, 3.8) is 0 Å². The summed E-state index contributed by atoms with van der Waals surface area (Å²) in [5, 5.41) is 4.15. The average Bonchev–Trinajstić information content (AvgIpc) is 2.43. The second kappa shape index (κ2) is 8.60. The van der Waals surface area contributed by atoms with Gasteiger partial charge in [-0.3, -0.25) is 4.90 Å². The SMILES string of the molecule is Cl.FC(F)(F)CC[C@@H](c1cc(Cl)ccc1Cl)N1CCNCC1. The molecule has 0 spiro atoms. The summed E-state index contributed by atoms with van der Waals surface area (Å²) >= 11 is 12.2. The van der Waals surface area contributed by atoms with Gasteiger partial charge in [0, 0.05) is 48.7 Å². The molecule has 0 bridgehead atoms. The fourth-order valence-corrected chi connectivity index (χ4v) is 3.02. The van der Waals surface area contributed by atoms with Gasteiger partial charge in [-0.05, 0) is 30.2 Å². The van der Waals surface area contributed by atoms with Crippen LogP contribution in [0.5, 0.6) is 0 Å². The predicted molar refractivity (Wildman–Crippen MR) is 86.2 cm³/mol. The molecule has 8 heteroatoms. The highest BCUT2D eigenvalue weighted by Gasteiger charge is 2.32. The highest BCUT2D eigenvalue weighted by molar-refractivity contribution is 6.33. The Balaban J connectivity index is 0.00000242. The van der Waals surface area contributed by atoms with Crippen LogP contribution in [-0.2, 0) is 0 Å². The minimum atomic E-state index is -4.17. The third-order valence-electron chi connectivity index (χ3n) is 3.61. The monoisotopic (exact) mass is 376 g/mol. The first-order valence-corrected chi connectivity index (χ1v) is 7.59. The summed E-state index contributed by atoms with van der Waals surface area (Å²) in [5.41, 5.74) is 0.676. The molecule has 2 rings (SSSR count). The quantitative estimate of drug-likeness (QED) is 0.818. The Hall–Kier alpha value is -0.200. The van der Waals surface area contributed by atoms with E-state index in [0.717, 1.165) is 13.1 Å². The molecule has 0 unspecified atom stereocenters. The molecule has 1 fully saturated rings. The van der Waals surface area contributed by atoms with Crippen LogP contribution in [0, 0.1) is 0 Å². The van der Waals surface area contributed by atoms with E-state index < -0.39 is 12.6 Å². The summed E-state index contributed by atoms with van der Waals surface area (Å²) < 4.78 is 37.8. The van der Waals surface area contributed by atoms with Crippen LogP contribution in [0.1, 0.15) is 24.4 Å². The van der Waals surface area contributed by atoms with Crippen LogP contribution in [0.15, 0.2) is 18.2 Å². The van der Waals surface area contributed by atoms with Crippen molar-refractivity contribution < 1.29 is 13.2 Å². The number of hydrogen-bond acceptors (Lipinski definition) is 2. The summed E-state index contributed by atoms with van der Waals surface area (Å²) in [5.74, 6) is 0. The van der Waals surface area contributed by atoms with Crippen molar-refractivity contribution in [2.24, 2.45) is 0 Å². The van der Waals surface area contributed by atoms with Crippen molar-refractivity contribution in [1.29, 1.82) is 0 Å². The van der Waals surface area contributed by atoms with E-state index in [1.807, 2.05) is 4.90 Å². The molecular weight excluding hydrogens is 360 g/mol. The Morgan fingerprint density at radius 2 is 1.82 bits per heavy atom. The first-order valence-electron chi connectivity index (χ1n) is 6.83. The number of nitrogens with zero attached hydrogens (tertiary/aromatic N) is 1. The Morgan fingerprint density at radius 3 is 2.41 bits per heavy atom. The van der Waals surface area contributed by atoms with Gasteiger partial charge in [0.1, 0.15) is 0 Å². The lowest BCUT2D eigenvalue weighted by Gasteiger charge is -2.36. The summed E-state index contributed by atoms with van der Waals surface area (Å²) in [4.78, 5) is 2.04. The molecule has 1 aromatic carbocycles. The summed E-state index contributed by atoms with van der Waals surface area (Å²) in [7, 11) is 0. The molecule has 1 saturated heterocycles. The average molecular weight is 378 g/mol. The Bertz CT molecular complexity index is 477. The third-order valence-corrected chi connectivity index (χ3v) is 4.19. The van der Waals surface area contributed by atoms with Gasteiger partial charge in [0.2, 0.25) is 0 Å². The standard InChI is InChI=1S/C14H17Cl2F3N2.ClH/c15-10-1-2-12(16)11(9-10)13(3-4-14(17,18)19)21-7-5-20-6-8-21;/h1-2,9,13,20H,3-8H2;1H/t13-;/m0./s1. The second-order valence-electron chi connectivity index (χ2n) is 5.12. The first-order chi connectivity index (χ1) is 9.87. The van der Waals surface area contributed by atoms with Gasteiger partial charge in [0.05, 0.1) is 0 Å². The van der Waals surface area contributed by atoms with Crippen LogP contribution in [0.2, 0.25) is 10.0 Å². The van der Waals surface area contributed by atoms with Gasteiger partial charge in [-0.15, -0.1) is 12.4 Å². The van der Waals surface area contributed by atoms with Crippen LogP contribution in [0.4, 0.5) is 13.2 Å². The van der Waals surface area contributed by atoms with E-state index >= 15 is 0 Å². The number of alkyl halides is 3. The van der Waals surface area contributed by atoms with Gasteiger partial charge in [-0.1, -0.05) is 23.2 Å². The lowest BCUT2D eigenvalue weighted by molar-refractivity contribution is -0.138. The Labute approximate surface area is 144 Å². The largest absolute Gasteiger partial charge is 0.389 e. The number of nitrogens with one attached hydrogen (secondary N) is 1. The molecule has 0 aliphatic carbocycles. The first kappa shape index (κ1) is 19.8. The molecule has 1 N–H and O–H groups in total. The van der Waals surface area contributed by atoms with Gasteiger partial charge >= 0.3 is 6.18 Å². The zero-order chi connectivity index (χ0) is 15.5. The molecule has 1 aromatic rings. The van der Waals surface area contributed by atoms with Crippen molar-refractivity contribution in [3.8, 4) is 0 Å². The highest BCUT2D eigenvalue weighted by atomic mass is 35.5. The normalized spacial score (nSPS) is 17.9. The Morgan fingerprint density at radius 1 is 1.18 bits per heavy atom. The summed E-state index contributed by atoms with van der Waals surface area (Å²) in [6.07, 6.45) is -5.01. The van der Waals surface area contributed by atoms with Crippen LogP contribution in [0.3, 0.4) is 0 Å².